The molecule has 2 aromatic carbocycles. The number of aromatic nitrogens is 3. The van der Waals surface area contributed by atoms with Crippen molar-refractivity contribution >= 4 is 47.0 Å². The average molecular weight is 471 g/mol. The van der Waals surface area contributed by atoms with Crippen LogP contribution in [0.2, 0.25) is 5.02 Å². The lowest BCUT2D eigenvalue weighted by Gasteiger charge is -2.27. The van der Waals surface area contributed by atoms with E-state index in [0.717, 1.165) is 0 Å². The zero-order chi connectivity index (χ0) is 23.2. The molecule has 0 amide bonds. The van der Waals surface area contributed by atoms with Gasteiger partial charge >= 0.3 is 0 Å². The van der Waals surface area contributed by atoms with Crippen LogP contribution in [0.1, 0.15) is 5.56 Å². The summed E-state index contributed by atoms with van der Waals surface area (Å²) >= 11 is 5.96. The summed E-state index contributed by atoms with van der Waals surface area (Å²) in [7, 11) is 0. The van der Waals surface area contributed by atoms with Gasteiger partial charge in [-0.15, -0.1) is 0 Å². The van der Waals surface area contributed by atoms with Gasteiger partial charge in [0.15, 0.2) is 0 Å². The Balaban J connectivity index is 1.60. The van der Waals surface area contributed by atoms with E-state index >= 15 is 0 Å². The van der Waals surface area contributed by atoms with E-state index in [1.807, 2.05) is 4.90 Å². The molecule has 0 atom stereocenters. The highest BCUT2D eigenvalue weighted by Gasteiger charge is 2.17. The molecule has 170 valence electrons. The molecule has 2 heterocycles. The summed E-state index contributed by atoms with van der Waals surface area (Å²) in [6.45, 7) is 2.27. The fourth-order valence-electron chi connectivity index (χ4n) is 2.99. The molecule has 1 saturated heterocycles. The van der Waals surface area contributed by atoms with Gasteiger partial charge in [0.25, 0.3) is 5.69 Å². The Morgan fingerprint density at radius 2 is 1.94 bits per heavy atom. The van der Waals surface area contributed by atoms with Gasteiger partial charge in [0.05, 0.1) is 24.4 Å². The maximum atomic E-state index is 11.1. The number of nitro benzene ring substituents is 1. The summed E-state index contributed by atoms with van der Waals surface area (Å²) in [4.78, 5) is 25.7. The lowest BCUT2D eigenvalue weighted by molar-refractivity contribution is -0.384. The molecule has 0 bridgehead atoms. The van der Waals surface area contributed by atoms with Gasteiger partial charge in [0.2, 0.25) is 17.8 Å². The lowest BCUT2D eigenvalue weighted by atomic mass is 10.2. The first kappa shape index (κ1) is 22.2. The third-order valence-electron chi connectivity index (χ3n) is 4.59. The molecule has 13 heteroatoms. The van der Waals surface area contributed by atoms with Crippen molar-refractivity contribution in [3.8, 4) is 5.75 Å². The predicted octanol–water partition coefficient (Wildman–Crippen LogP) is 3.17. The van der Waals surface area contributed by atoms with Crippen molar-refractivity contribution in [2.75, 3.05) is 41.9 Å². The molecule has 0 unspecified atom stereocenters. The van der Waals surface area contributed by atoms with Crippen LogP contribution in [0.15, 0.2) is 47.6 Å². The SMILES string of the molecule is O=[N+]([O-])c1cccc(Nc2nc(N/N=C/c3cc(Cl)ccc3O)nc(N3CCOCC3)n2)c1. The molecule has 3 aromatic rings. The minimum atomic E-state index is -0.481. The number of anilines is 4. The molecule has 4 rings (SSSR count). The third-order valence-corrected chi connectivity index (χ3v) is 4.82. The van der Waals surface area contributed by atoms with Gasteiger partial charge in [-0.1, -0.05) is 17.7 Å². The zero-order valence-corrected chi connectivity index (χ0v) is 17.9. The summed E-state index contributed by atoms with van der Waals surface area (Å²) in [5.41, 5.74) is 3.51. The number of aromatic hydroxyl groups is 1. The van der Waals surface area contributed by atoms with E-state index in [9.17, 15) is 15.2 Å². The average Bonchev–Trinajstić information content (AvgIpc) is 2.82. The van der Waals surface area contributed by atoms with Gasteiger partial charge in [0, 0.05) is 41.5 Å². The second kappa shape index (κ2) is 10.1. The van der Waals surface area contributed by atoms with Gasteiger partial charge in [-0.05, 0) is 24.3 Å². The number of benzene rings is 2. The summed E-state index contributed by atoms with van der Waals surface area (Å²) in [5, 5.41) is 28.5. The molecule has 1 aromatic heterocycles. The van der Waals surface area contributed by atoms with Crippen LogP contribution in [-0.2, 0) is 4.74 Å². The number of hydrazone groups is 1. The normalized spacial score (nSPS) is 13.8. The van der Waals surface area contributed by atoms with Gasteiger partial charge in [-0.3, -0.25) is 10.1 Å². The molecule has 1 aliphatic heterocycles. The zero-order valence-electron chi connectivity index (χ0n) is 17.2. The van der Waals surface area contributed by atoms with E-state index in [4.69, 9.17) is 16.3 Å². The molecule has 3 N–H and O–H groups in total. The van der Waals surface area contributed by atoms with E-state index in [-0.39, 0.29) is 23.3 Å². The van der Waals surface area contributed by atoms with Crippen molar-refractivity contribution in [2.45, 2.75) is 0 Å². The van der Waals surface area contributed by atoms with Crippen LogP contribution in [0.5, 0.6) is 5.75 Å². The topological polar surface area (TPSA) is 151 Å². The number of morpholine rings is 1. The summed E-state index contributed by atoms with van der Waals surface area (Å²) in [6, 6.07) is 10.6. The fraction of sp³-hybridized carbons (Fsp3) is 0.200. The van der Waals surface area contributed by atoms with Crippen LogP contribution in [0.25, 0.3) is 0 Å². The number of phenolic OH excluding ortho intramolecular Hbond substituents is 1. The molecule has 0 spiro atoms. The number of hydrogen-bond donors (Lipinski definition) is 3. The Bertz CT molecular complexity index is 1190. The van der Waals surface area contributed by atoms with Crippen LogP contribution in [0, 0.1) is 10.1 Å². The smallest absolute Gasteiger partial charge is 0.271 e. The second-order valence-electron chi connectivity index (χ2n) is 6.89. The first-order valence-corrected chi connectivity index (χ1v) is 10.2. The van der Waals surface area contributed by atoms with Crippen molar-refractivity contribution in [1.82, 2.24) is 15.0 Å². The first-order chi connectivity index (χ1) is 16.0. The molecular weight excluding hydrogens is 452 g/mol. The van der Waals surface area contributed by atoms with E-state index in [0.29, 0.717) is 48.5 Å². The van der Waals surface area contributed by atoms with Crippen molar-refractivity contribution in [1.29, 1.82) is 0 Å². The third kappa shape index (κ3) is 5.81. The van der Waals surface area contributed by atoms with Gasteiger partial charge in [-0.25, -0.2) is 5.43 Å². The molecule has 0 radical (unpaired) electrons. The molecule has 1 fully saturated rings. The van der Waals surface area contributed by atoms with Gasteiger partial charge < -0.3 is 20.1 Å². The van der Waals surface area contributed by atoms with Crippen LogP contribution in [0.4, 0.5) is 29.2 Å². The quantitative estimate of drug-likeness (QED) is 0.266. The summed E-state index contributed by atoms with van der Waals surface area (Å²) < 4.78 is 5.38. The highest BCUT2D eigenvalue weighted by Crippen LogP contribution is 2.23. The predicted molar refractivity (Wildman–Crippen MR) is 124 cm³/mol. The maximum absolute atomic E-state index is 11.1. The number of nitro groups is 1. The number of halogens is 1. The highest BCUT2D eigenvalue weighted by molar-refractivity contribution is 6.30. The number of non-ortho nitro benzene ring substituents is 1. The van der Waals surface area contributed by atoms with Crippen LogP contribution >= 0.6 is 11.6 Å². The maximum Gasteiger partial charge on any atom is 0.271 e. The Labute approximate surface area is 193 Å². The molecular formula is C20H19ClN8O4. The Morgan fingerprint density at radius 3 is 2.73 bits per heavy atom. The Hall–Kier alpha value is -4.03. The number of nitrogens with one attached hydrogen (secondary N) is 2. The molecule has 1 aliphatic rings. The minimum Gasteiger partial charge on any atom is -0.507 e. The van der Waals surface area contributed by atoms with Crippen LogP contribution in [-0.4, -0.2) is 57.5 Å². The van der Waals surface area contributed by atoms with Crippen molar-refractivity contribution in [2.24, 2.45) is 5.10 Å². The Kier molecular flexibility index (Phi) is 6.76. The fourth-order valence-corrected chi connectivity index (χ4v) is 3.17. The number of ether oxygens (including phenoxy) is 1. The van der Waals surface area contributed by atoms with Crippen molar-refractivity contribution < 1.29 is 14.8 Å². The van der Waals surface area contributed by atoms with Crippen LogP contribution in [0.3, 0.4) is 0 Å². The van der Waals surface area contributed by atoms with Crippen LogP contribution < -0.4 is 15.6 Å². The minimum absolute atomic E-state index is 0.0163. The largest absolute Gasteiger partial charge is 0.507 e. The number of nitrogens with zero attached hydrogens (tertiary/aromatic N) is 6. The van der Waals surface area contributed by atoms with Crippen molar-refractivity contribution in [3.63, 3.8) is 0 Å². The highest BCUT2D eigenvalue weighted by atomic mass is 35.5. The monoisotopic (exact) mass is 470 g/mol. The number of rotatable bonds is 7. The Morgan fingerprint density at radius 1 is 1.15 bits per heavy atom. The molecule has 12 nitrogen and oxygen atoms in total. The van der Waals surface area contributed by atoms with Crippen molar-refractivity contribution in [3.05, 3.63) is 63.2 Å². The van der Waals surface area contributed by atoms with E-state index in [1.165, 1.54) is 24.4 Å². The van der Waals surface area contributed by atoms with Gasteiger partial charge in [0.1, 0.15) is 5.75 Å². The summed E-state index contributed by atoms with van der Waals surface area (Å²) in [6.07, 6.45) is 1.38. The number of phenols is 1. The number of hydrogen-bond acceptors (Lipinski definition) is 11. The molecule has 0 aliphatic carbocycles. The molecule has 0 saturated carbocycles. The summed E-state index contributed by atoms with van der Waals surface area (Å²) in [5.74, 6) is 0.722. The lowest BCUT2D eigenvalue weighted by Crippen LogP contribution is -2.37. The standard InChI is InChI=1S/C20H19ClN8O4/c21-14-4-5-17(30)13(10-14)12-22-27-19-24-18(23-15-2-1-3-16(11-15)29(31)32)25-20(26-19)28-6-8-33-9-7-28/h1-5,10-12,30H,6-9H2,(H2,23,24,25,26,27)/b22-12+. The van der Waals surface area contributed by atoms with E-state index in [1.54, 1.807) is 24.3 Å². The second-order valence-corrected chi connectivity index (χ2v) is 7.32. The van der Waals surface area contributed by atoms with E-state index < -0.39 is 4.92 Å². The van der Waals surface area contributed by atoms with Gasteiger partial charge in [-0.2, -0.15) is 20.1 Å². The first-order valence-electron chi connectivity index (χ1n) is 9.86. The van der Waals surface area contributed by atoms with E-state index in [2.05, 4.69) is 30.8 Å². The molecule has 33 heavy (non-hydrogen) atoms.